The first-order chi connectivity index (χ1) is 33.2. The number of benzene rings is 10. The number of rotatable bonds is 8. The Morgan fingerprint density at radius 3 is 0.940 bits per heavy atom. The lowest BCUT2D eigenvalue weighted by atomic mass is 9.67. The summed E-state index contributed by atoms with van der Waals surface area (Å²) in [6.45, 7) is 0. The highest BCUT2D eigenvalue weighted by atomic mass is 15.1. The van der Waals surface area contributed by atoms with E-state index >= 15 is 0 Å². The molecule has 0 heterocycles. The smallest absolute Gasteiger partial charge is 0.0714 e. The van der Waals surface area contributed by atoms with E-state index in [-0.39, 0.29) is 0 Å². The Balaban J connectivity index is 0.919. The van der Waals surface area contributed by atoms with Crippen LogP contribution in [0.25, 0.3) is 11.1 Å². The van der Waals surface area contributed by atoms with Crippen LogP contribution < -0.4 is 9.80 Å². The van der Waals surface area contributed by atoms with E-state index in [9.17, 15) is 0 Å². The minimum Gasteiger partial charge on any atom is -0.311 e. The van der Waals surface area contributed by atoms with Gasteiger partial charge in [-0.25, -0.2) is 0 Å². The molecule has 0 N–H and O–H groups in total. The van der Waals surface area contributed by atoms with E-state index in [1.807, 2.05) is 12.1 Å². The molecule has 0 unspecified atom stereocenters. The maximum atomic E-state index is 3.55. The van der Waals surface area contributed by atoms with Crippen molar-refractivity contribution in [2.75, 3.05) is 9.80 Å². The van der Waals surface area contributed by atoms with Gasteiger partial charge in [0.25, 0.3) is 0 Å². The van der Waals surface area contributed by atoms with E-state index in [1.165, 1.54) is 33.4 Å². The summed E-state index contributed by atoms with van der Waals surface area (Å²) in [5, 5.41) is 0. The molecule has 67 heavy (non-hydrogen) atoms. The predicted octanol–water partition coefficient (Wildman–Crippen LogP) is 15.8. The standard InChI is InChI=1S/C65H44N2/c1-7-19-53(20-8-1)65(54-21-9-2-10-22-54)63-47-52(41-45-61(63)62-46-44-60(48-64(62)65)67(57-27-15-5-16-28-57)58-29-17-6-18-30-58)38-37-50-33-31-49(32-34-50)35-36-51-39-42-59(43-40-51)66(55-23-11-3-12-24-55)56-25-13-4-14-26-56/h1-34,39-48H. The number of anilines is 6. The van der Waals surface area contributed by atoms with Gasteiger partial charge in [-0.15, -0.1) is 0 Å². The summed E-state index contributed by atoms with van der Waals surface area (Å²) in [5.41, 5.74) is 17.1. The summed E-state index contributed by atoms with van der Waals surface area (Å²) in [4.78, 5) is 4.60. The van der Waals surface area contributed by atoms with Crippen LogP contribution in [0.2, 0.25) is 0 Å². The van der Waals surface area contributed by atoms with Crippen LogP contribution in [-0.2, 0) is 5.41 Å². The molecule has 0 radical (unpaired) electrons. The molecule has 0 aromatic heterocycles. The monoisotopic (exact) mass is 852 g/mol. The minimum absolute atomic E-state index is 0.594. The normalized spacial score (nSPS) is 11.8. The topological polar surface area (TPSA) is 6.48 Å². The fourth-order valence-electron chi connectivity index (χ4n) is 9.52. The zero-order chi connectivity index (χ0) is 44.8. The van der Waals surface area contributed by atoms with Gasteiger partial charge >= 0.3 is 0 Å². The molecular weight excluding hydrogens is 809 g/mol. The Kier molecular flexibility index (Phi) is 11.0. The summed E-state index contributed by atoms with van der Waals surface area (Å²) < 4.78 is 0. The van der Waals surface area contributed by atoms with Crippen LogP contribution in [0.5, 0.6) is 0 Å². The Hall–Kier alpha value is -9.08. The zero-order valence-electron chi connectivity index (χ0n) is 36.8. The molecular formula is C65H44N2. The summed E-state index contributed by atoms with van der Waals surface area (Å²) in [6.07, 6.45) is 0. The van der Waals surface area contributed by atoms with Crippen LogP contribution in [0.1, 0.15) is 44.5 Å². The van der Waals surface area contributed by atoms with Crippen LogP contribution in [0.4, 0.5) is 34.1 Å². The van der Waals surface area contributed by atoms with E-state index in [4.69, 9.17) is 0 Å². The molecule has 2 heteroatoms. The first-order valence-corrected chi connectivity index (χ1v) is 22.7. The number of hydrogen-bond acceptors (Lipinski definition) is 2. The molecule has 11 rings (SSSR count). The van der Waals surface area contributed by atoms with Gasteiger partial charge in [0.2, 0.25) is 0 Å². The van der Waals surface area contributed by atoms with Crippen molar-refractivity contribution in [1.82, 2.24) is 0 Å². The Morgan fingerprint density at radius 1 is 0.239 bits per heavy atom. The highest BCUT2D eigenvalue weighted by Gasteiger charge is 2.46. The van der Waals surface area contributed by atoms with Crippen LogP contribution in [0.15, 0.2) is 267 Å². The molecule has 0 aliphatic heterocycles. The van der Waals surface area contributed by atoms with Crippen molar-refractivity contribution in [1.29, 1.82) is 0 Å². The fourth-order valence-corrected chi connectivity index (χ4v) is 9.52. The summed E-state index contributed by atoms with van der Waals surface area (Å²) >= 11 is 0. The molecule has 1 aliphatic rings. The molecule has 0 spiro atoms. The predicted molar refractivity (Wildman–Crippen MR) is 278 cm³/mol. The molecule has 0 amide bonds. The number of fused-ring (bicyclic) bond motifs is 3. The second-order valence-corrected chi connectivity index (χ2v) is 16.6. The maximum Gasteiger partial charge on any atom is 0.0714 e. The lowest BCUT2D eigenvalue weighted by Gasteiger charge is -2.35. The first kappa shape index (κ1) is 40.7. The van der Waals surface area contributed by atoms with Crippen LogP contribution >= 0.6 is 0 Å². The molecule has 0 atom stereocenters. The Bertz CT molecular complexity index is 3300. The average molecular weight is 853 g/mol. The van der Waals surface area contributed by atoms with Gasteiger partial charge in [0.05, 0.1) is 5.41 Å². The molecule has 2 nitrogen and oxygen atoms in total. The number of nitrogens with zero attached hydrogens (tertiary/aromatic N) is 2. The molecule has 10 aromatic carbocycles. The highest BCUT2D eigenvalue weighted by Crippen LogP contribution is 2.57. The third-order valence-electron chi connectivity index (χ3n) is 12.6. The lowest BCUT2D eigenvalue weighted by Crippen LogP contribution is -2.29. The molecule has 1 aliphatic carbocycles. The first-order valence-electron chi connectivity index (χ1n) is 22.7. The Labute approximate surface area is 393 Å². The lowest BCUT2D eigenvalue weighted by molar-refractivity contribution is 0.768. The maximum absolute atomic E-state index is 3.55. The van der Waals surface area contributed by atoms with Crippen molar-refractivity contribution in [3.63, 3.8) is 0 Å². The summed E-state index contributed by atoms with van der Waals surface area (Å²) in [7, 11) is 0. The quantitative estimate of drug-likeness (QED) is 0.141. The van der Waals surface area contributed by atoms with Crippen LogP contribution in [-0.4, -0.2) is 0 Å². The molecule has 0 bridgehead atoms. The van der Waals surface area contributed by atoms with Gasteiger partial charge in [0.1, 0.15) is 0 Å². The van der Waals surface area contributed by atoms with Crippen molar-refractivity contribution in [2.45, 2.75) is 5.41 Å². The van der Waals surface area contributed by atoms with Crippen molar-refractivity contribution in [3.05, 3.63) is 311 Å². The fraction of sp³-hybridized carbons (Fsp3) is 0.0154. The van der Waals surface area contributed by atoms with E-state index in [2.05, 4.69) is 288 Å². The van der Waals surface area contributed by atoms with Crippen molar-refractivity contribution < 1.29 is 0 Å². The average Bonchev–Trinajstić information content (AvgIpc) is 3.69. The molecule has 0 saturated carbocycles. The number of hydrogen-bond donors (Lipinski definition) is 0. The van der Waals surface area contributed by atoms with Gasteiger partial charge in [-0.05, 0) is 155 Å². The molecule has 314 valence electrons. The van der Waals surface area contributed by atoms with E-state index in [0.717, 1.165) is 56.4 Å². The zero-order valence-corrected chi connectivity index (χ0v) is 36.8. The van der Waals surface area contributed by atoms with Gasteiger partial charge < -0.3 is 9.80 Å². The second-order valence-electron chi connectivity index (χ2n) is 16.6. The summed E-state index contributed by atoms with van der Waals surface area (Å²) in [6, 6.07) is 94.4. The second kappa shape index (κ2) is 18.2. The van der Waals surface area contributed by atoms with Crippen molar-refractivity contribution in [2.24, 2.45) is 0 Å². The van der Waals surface area contributed by atoms with E-state index in [1.54, 1.807) is 0 Å². The summed E-state index contributed by atoms with van der Waals surface area (Å²) in [5.74, 6) is 13.8. The van der Waals surface area contributed by atoms with E-state index in [0.29, 0.717) is 0 Å². The molecule has 0 saturated heterocycles. The SMILES string of the molecule is C(#Cc1ccc(N(c2ccccc2)c2ccccc2)cc1)c1ccc(C#Cc2ccc3c(c2)C(c2ccccc2)(c2ccccc2)c2cc(N(c4ccccc4)c4ccccc4)ccc2-3)cc1. The molecule has 10 aromatic rings. The van der Waals surface area contributed by atoms with Gasteiger partial charge in [-0.1, -0.05) is 169 Å². The van der Waals surface area contributed by atoms with E-state index < -0.39 is 5.41 Å². The van der Waals surface area contributed by atoms with Gasteiger partial charge in [0, 0.05) is 56.4 Å². The third-order valence-corrected chi connectivity index (χ3v) is 12.6. The minimum atomic E-state index is -0.594. The number of para-hydroxylation sites is 4. The third kappa shape index (κ3) is 7.95. The van der Waals surface area contributed by atoms with Crippen LogP contribution in [0.3, 0.4) is 0 Å². The Morgan fingerprint density at radius 2 is 0.522 bits per heavy atom. The van der Waals surface area contributed by atoms with Gasteiger partial charge in [0.15, 0.2) is 0 Å². The molecule has 0 fully saturated rings. The largest absolute Gasteiger partial charge is 0.311 e. The van der Waals surface area contributed by atoms with Crippen LogP contribution in [0, 0.1) is 23.7 Å². The highest BCUT2D eigenvalue weighted by molar-refractivity contribution is 5.90. The van der Waals surface area contributed by atoms with Gasteiger partial charge in [-0.3, -0.25) is 0 Å². The van der Waals surface area contributed by atoms with Gasteiger partial charge in [-0.2, -0.15) is 0 Å². The van der Waals surface area contributed by atoms with Crippen molar-refractivity contribution >= 4 is 34.1 Å². The van der Waals surface area contributed by atoms with Crippen molar-refractivity contribution in [3.8, 4) is 34.8 Å².